The molecule has 5 heteroatoms. The van der Waals surface area contributed by atoms with E-state index < -0.39 is 11.6 Å². The van der Waals surface area contributed by atoms with Crippen molar-refractivity contribution >= 4 is 5.82 Å². The molecule has 0 aliphatic heterocycles. The molecule has 2 rings (SSSR count). The number of aromatic nitrogens is 2. The van der Waals surface area contributed by atoms with Gasteiger partial charge in [0.25, 0.3) is 0 Å². The molecule has 1 aromatic heterocycles. The lowest BCUT2D eigenvalue weighted by Gasteiger charge is -2.10. The number of anilines is 1. The van der Waals surface area contributed by atoms with Crippen molar-refractivity contribution in [2.45, 2.75) is 13.8 Å². The zero-order chi connectivity index (χ0) is 13.1. The topological polar surface area (TPSA) is 37.8 Å². The van der Waals surface area contributed by atoms with E-state index in [4.69, 9.17) is 0 Å². The summed E-state index contributed by atoms with van der Waals surface area (Å²) in [7, 11) is 0. The van der Waals surface area contributed by atoms with Crippen molar-refractivity contribution in [2.75, 3.05) is 11.9 Å². The van der Waals surface area contributed by atoms with Gasteiger partial charge < -0.3 is 5.32 Å². The Kier molecular flexibility index (Phi) is 3.50. The van der Waals surface area contributed by atoms with Gasteiger partial charge in [0.05, 0.1) is 5.69 Å². The van der Waals surface area contributed by atoms with Crippen LogP contribution in [0, 0.1) is 18.6 Å². The number of nitrogens with one attached hydrogen (secondary N) is 1. The fraction of sp³-hybridized carbons (Fsp3) is 0.231. The van der Waals surface area contributed by atoms with E-state index in [0.717, 1.165) is 18.2 Å². The first-order valence-corrected chi connectivity index (χ1v) is 5.63. The summed E-state index contributed by atoms with van der Waals surface area (Å²) in [4.78, 5) is 8.18. The molecular weight excluding hydrogens is 236 g/mol. The molecule has 0 saturated heterocycles. The quantitative estimate of drug-likeness (QED) is 0.908. The van der Waals surface area contributed by atoms with Crippen molar-refractivity contribution in [3.05, 3.63) is 41.7 Å². The summed E-state index contributed by atoms with van der Waals surface area (Å²) in [5.41, 5.74) is 1.70. The SMILES string of the molecule is CCNc1ncnc(-c2cc(F)cc(F)c2)c1C. The van der Waals surface area contributed by atoms with Crippen molar-refractivity contribution in [1.82, 2.24) is 9.97 Å². The molecule has 0 radical (unpaired) electrons. The monoisotopic (exact) mass is 249 g/mol. The second-order valence-corrected chi connectivity index (χ2v) is 3.88. The molecule has 0 unspecified atom stereocenters. The molecule has 0 spiro atoms. The molecule has 1 heterocycles. The van der Waals surface area contributed by atoms with Gasteiger partial charge in [0.2, 0.25) is 0 Å². The minimum absolute atomic E-state index is 0.409. The molecule has 18 heavy (non-hydrogen) atoms. The fourth-order valence-corrected chi connectivity index (χ4v) is 1.78. The van der Waals surface area contributed by atoms with Crippen molar-refractivity contribution in [3.8, 4) is 11.3 Å². The lowest BCUT2D eigenvalue weighted by atomic mass is 10.1. The van der Waals surface area contributed by atoms with Crippen LogP contribution in [-0.4, -0.2) is 16.5 Å². The van der Waals surface area contributed by atoms with Crippen LogP contribution >= 0.6 is 0 Å². The van der Waals surface area contributed by atoms with Crippen LogP contribution in [0.2, 0.25) is 0 Å². The molecule has 0 fully saturated rings. The van der Waals surface area contributed by atoms with Gasteiger partial charge in [-0.3, -0.25) is 0 Å². The van der Waals surface area contributed by atoms with Gasteiger partial charge in [-0.1, -0.05) is 0 Å². The van der Waals surface area contributed by atoms with E-state index in [1.54, 1.807) is 0 Å². The summed E-state index contributed by atoms with van der Waals surface area (Å²) < 4.78 is 26.4. The molecule has 3 nitrogen and oxygen atoms in total. The molecule has 1 N–H and O–H groups in total. The van der Waals surface area contributed by atoms with Crippen LogP contribution in [0.15, 0.2) is 24.5 Å². The molecule has 1 aromatic carbocycles. The smallest absolute Gasteiger partial charge is 0.132 e. The maximum Gasteiger partial charge on any atom is 0.132 e. The molecule has 0 amide bonds. The number of halogens is 2. The van der Waals surface area contributed by atoms with E-state index in [0.29, 0.717) is 17.1 Å². The highest BCUT2D eigenvalue weighted by molar-refractivity contribution is 5.67. The predicted molar refractivity (Wildman–Crippen MR) is 66.3 cm³/mol. The first-order chi connectivity index (χ1) is 8.61. The van der Waals surface area contributed by atoms with Gasteiger partial charge in [-0.25, -0.2) is 18.7 Å². The Balaban J connectivity index is 2.53. The molecule has 2 aromatic rings. The van der Waals surface area contributed by atoms with E-state index in [2.05, 4.69) is 15.3 Å². The average Bonchev–Trinajstić information content (AvgIpc) is 2.31. The van der Waals surface area contributed by atoms with Gasteiger partial charge in [0.15, 0.2) is 0 Å². The highest BCUT2D eigenvalue weighted by Crippen LogP contribution is 2.25. The fourth-order valence-electron chi connectivity index (χ4n) is 1.78. The van der Waals surface area contributed by atoms with Gasteiger partial charge in [0.1, 0.15) is 23.8 Å². The van der Waals surface area contributed by atoms with Gasteiger partial charge in [-0.15, -0.1) is 0 Å². The standard InChI is InChI=1S/C13H13F2N3/c1-3-16-13-8(2)12(17-7-18-13)9-4-10(14)6-11(15)5-9/h4-7H,3H2,1-2H3,(H,16,17,18). The molecular formula is C13H13F2N3. The van der Waals surface area contributed by atoms with Crippen LogP contribution < -0.4 is 5.32 Å². The Morgan fingerprint density at radius 2 is 1.78 bits per heavy atom. The van der Waals surface area contributed by atoms with Crippen LogP contribution in [-0.2, 0) is 0 Å². The van der Waals surface area contributed by atoms with Gasteiger partial charge in [0, 0.05) is 23.7 Å². The zero-order valence-corrected chi connectivity index (χ0v) is 10.2. The van der Waals surface area contributed by atoms with Crippen LogP contribution in [0.3, 0.4) is 0 Å². The average molecular weight is 249 g/mol. The van der Waals surface area contributed by atoms with E-state index in [-0.39, 0.29) is 0 Å². The van der Waals surface area contributed by atoms with Gasteiger partial charge >= 0.3 is 0 Å². The maximum atomic E-state index is 13.2. The Hall–Kier alpha value is -2.04. The van der Waals surface area contributed by atoms with Crippen molar-refractivity contribution < 1.29 is 8.78 Å². The largest absolute Gasteiger partial charge is 0.370 e. The van der Waals surface area contributed by atoms with Gasteiger partial charge in [-0.05, 0) is 26.0 Å². The van der Waals surface area contributed by atoms with Gasteiger partial charge in [-0.2, -0.15) is 0 Å². The normalized spacial score (nSPS) is 10.4. The number of hydrogen-bond acceptors (Lipinski definition) is 3. The van der Waals surface area contributed by atoms with Crippen molar-refractivity contribution in [2.24, 2.45) is 0 Å². The lowest BCUT2D eigenvalue weighted by molar-refractivity contribution is 0.584. The van der Waals surface area contributed by atoms with E-state index in [1.165, 1.54) is 18.5 Å². The van der Waals surface area contributed by atoms with E-state index >= 15 is 0 Å². The Morgan fingerprint density at radius 1 is 1.11 bits per heavy atom. The Morgan fingerprint density at radius 3 is 2.39 bits per heavy atom. The third-order valence-electron chi connectivity index (χ3n) is 2.56. The highest BCUT2D eigenvalue weighted by Gasteiger charge is 2.10. The zero-order valence-electron chi connectivity index (χ0n) is 10.2. The first-order valence-electron chi connectivity index (χ1n) is 5.63. The number of rotatable bonds is 3. The van der Waals surface area contributed by atoms with Crippen LogP contribution in [0.4, 0.5) is 14.6 Å². The minimum Gasteiger partial charge on any atom is -0.370 e. The second-order valence-electron chi connectivity index (χ2n) is 3.88. The number of nitrogens with zero attached hydrogens (tertiary/aromatic N) is 2. The third-order valence-corrected chi connectivity index (χ3v) is 2.56. The van der Waals surface area contributed by atoms with Crippen molar-refractivity contribution in [1.29, 1.82) is 0 Å². The third kappa shape index (κ3) is 2.45. The predicted octanol–water partition coefficient (Wildman–Crippen LogP) is 3.16. The summed E-state index contributed by atoms with van der Waals surface area (Å²) in [5.74, 6) is -0.562. The maximum absolute atomic E-state index is 13.2. The first kappa shape index (κ1) is 12.4. The minimum atomic E-state index is -0.618. The summed E-state index contributed by atoms with van der Waals surface area (Å²) in [6.07, 6.45) is 1.38. The molecule has 0 bridgehead atoms. The van der Waals surface area contributed by atoms with Crippen molar-refractivity contribution in [3.63, 3.8) is 0 Å². The molecule has 94 valence electrons. The molecule has 0 atom stereocenters. The highest BCUT2D eigenvalue weighted by atomic mass is 19.1. The summed E-state index contributed by atoms with van der Waals surface area (Å²) in [5, 5.41) is 3.08. The summed E-state index contributed by atoms with van der Waals surface area (Å²) >= 11 is 0. The summed E-state index contributed by atoms with van der Waals surface area (Å²) in [6, 6.07) is 3.35. The lowest BCUT2D eigenvalue weighted by Crippen LogP contribution is -2.03. The molecule has 0 saturated carbocycles. The number of hydrogen-bond donors (Lipinski definition) is 1. The van der Waals surface area contributed by atoms with Crippen LogP contribution in [0.1, 0.15) is 12.5 Å². The molecule has 0 aliphatic carbocycles. The summed E-state index contributed by atoms with van der Waals surface area (Å²) in [6.45, 7) is 4.48. The molecule has 0 aliphatic rings. The Labute approximate surface area is 104 Å². The Bertz CT molecular complexity index is 550. The van der Waals surface area contributed by atoms with E-state index in [9.17, 15) is 8.78 Å². The van der Waals surface area contributed by atoms with Crippen LogP contribution in [0.25, 0.3) is 11.3 Å². The number of benzene rings is 1. The van der Waals surface area contributed by atoms with E-state index in [1.807, 2.05) is 13.8 Å². The van der Waals surface area contributed by atoms with Crippen LogP contribution in [0.5, 0.6) is 0 Å². The second kappa shape index (κ2) is 5.08.